The lowest BCUT2D eigenvalue weighted by atomic mass is 10.4. The minimum Gasteiger partial charge on any atom is -0.383 e. The van der Waals surface area contributed by atoms with Gasteiger partial charge in [-0.3, -0.25) is 0 Å². The van der Waals surface area contributed by atoms with E-state index in [-0.39, 0.29) is 6.04 Å². The van der Waals surface area contributed by atoms with Crippen LogP contribution in [0.5, 0.6) is 0 Å². The second-order valence-corrected chi connectivity index (χ2v) is 3.83. The van der Waals surface area contributed by atoms with Gasteiger partial charge in [0.05, 0.1) is 13.2 Å². The number of ether oxygens (including phenoxy) is 1. The molecule has 0 bridgehead atoms. The first-order valence-corrected chi connectivity index (χ1v) is 5.35. The molecule has 0 aliphatic carbocycles. The van der Waals surface area contributed by atoms with E-state index in [9.17, 15) is 0 Å². The topological polar surface area (TPSA) is 72.2 Å². The van der Waals surface area contributed by atoms with Crippen molar-refractivity contribution < 1.29 is 9.26 Å². The minimum atomic E-state index is 0.162. The predicted octanol–water partition coefficient (Wildman–Crippen LogP) is 0.377. The summed E-state index contributed by atoms with van der Waals surface area (Å²) in [4.78, 5) is 4.05. The molecule has 1 aromatic rings. The number of rotatable bonds is 5. The van der Waals surface area contributed by atoms with Gasteiger partial charge in [-0.15, -0.1) is 0 Å². The van der Waals surface area contributed by atoms with Crippen LogP contribution >= 0.6 is 12.2 Å². The first kappa shape index (κ1) is 12.9. The van der Waals surface area contributed by atoms with Crippen molar-refractivity contribution in [3.05, 3.63) is 11.7 Å². The minimum absolute atomic E-state index is 0.162. The van der Waals surface area contributed by atoms with Gasteiger partial charge in [-0.1, -0.05) is 5.16 Å². The summed E-state index contributed by atoms with van der Waals surface area (Å²) in [7, 11) is 1.65. The molecule has 0 saturated heterocycles. The van der Waals surface area contributed by atoms with Crippen molar-refractivity contribution >= 4 is 17.3 Å². The Morgan fingerprint density at radius 1 is 1.62 bits per heavy atom. The van der Waals surface area contributed by atoms with Crippen LogP contribution in [-0.4, -0.2) is 35.0 Å². The number of hydrogen-bond donors (Lipinski definition) is 2. The maximum atomic E-state index is 5.08. The summed E-state index contributed by atoms with van der Waals surface area (Å²) < 4.78 is 9.91. The van der Waals surface area contributed by atoms with Crippen LogP contribution in [-0.2, 0) is 11.3 Å². The number of nitrogens with one attached hydrogen (secondary N) is 2. The summed E-state index contributed by atoms with van der Waals surface area (Å²) in [5, 5.41) is 10.3. The molecule has 0 spiro atoms. The first-order chi connectivity index (χ1) is 7.61. The van der Waals surface area contributed by atoms with Gasteiger partial charge in [-0.25, -0.2) is 0 Å². The Bertz CT molecular complexity index is 342. The first-order valence-electron chi connectivity index (χ1n) is 4.94. The lowest BCUT2D eigenvalue weighted by Crippen LogP contribution is -2.42. The summed E-state index contributed by atoms with van der Waals surface area (Å²) in [6.07, 6.45) is 0. The standard InChI is InChI=1S/C9H16N4O2S/c1-6(5-14-3)11-9(16)10-4-8-12-7(2)13-15-8/h6H,4-5H2,1-3H3,(H2,10,11,16). The van der Waals surface area contributed by atoms with Crippen LogP contribution in [0, 0.1) is 6.92 Å². The fourth-order valence-corrected chi connectivity index (χ4v) is 1.41. The molecule has 6 nitrogen and oxygen atoms in total. The zero-order valence-corrected chi connectivity index (χ0v) is 10.4. The molecule has 2 N–H and O–H groups in total. The van der Waals surface area contributed by atoms with Crippen LogP contribution in [0.15, 0.2) is 4.52 Å². The number of hydrogen-bond acceptors (Lipinski definition) is 5. The van der Waals surface area contributed by atoms with E-state index < -0.39 is 0 Å². The Labute approximate surface area is 99.7 Å². The third kappa shape index (κ3) is 4.54. The molecule has 90 valence electrons. The molecular weight excluding hydrogens is 228 g/mol. The Morgan fingerprint density at radius 2 is 2.38 bits per heavy atom. The largest absolute Gasteiger partial charge is 0.383 e. The van der Waals surface area contributed by atoms with Crippen molar-refractivity contribution in [2.75, 3.05) is 13.7 Å². The molecule has 0 fully saturated rings. The molecule has 1 heterocycles. The zero-order valence-electron chi connectivity index (χ0n) is 9.61. The Kier molecular flexibility index (Phi) is 5.13. The monoisotopic (exact) mass is 244 g/mol. The van der Waals surface area contributed by atoms with Crippen LogP contribution in [0.3, 0.4) is 0 Å². The fourth-order valence-electron chi connectivity index (χ4n) is 1.13. The third-order valence-corrected chi connectivity index (χ3v) is 2.03. The van der Waals surface area contributed by atoms with E-state index in [1.807, 2.05) is 6.92 Å². The highest BCUT2D eigenvalue weighted by atomic mass is 32.1. The predicted molar refractivity (Wildman–Crippen MR) is 62.9 cm³/mol. The molecular formula is C9H16N4O2S. The number of aromatic nitrogens is 2. The van der Waals surface area contributed by atoms with Crippen molar-refractivity contribution in [1.82, 2.24) is 20.8 Å². The van der Waals surface area contributed by atoms with Gasteiger partial charge in [0.1, 0.15) is 0 Å². The second kappa shape index (κ2) is 6.39. The average Bonchev–Trinajstić information content (AvgIpc) is 2.61. The summed E-state index contributed by atoms with van der Waals surface area (Å²) in [6.45, 7) is 4.77. The van der Waals surface area contributed by atoms with E-state index in [0.717, 1.165) is 0 Å². The summed E-state index contributed by atoms with van der Waals surface area (Å²) in [6, 6.07) is 0.162. The van der Waals surface area contributed by atoms with E-state index in [4.69, 9.17) is 21.5 Å². The Balaban J connectivity index is 2.25. The molecule has 1 rings (SSSR count). The van der Waals surface area contributed by atoms with E-state index in [1.54, 1.807) is 14.0 Å². The number of methoxy groups -OCH3 is 1. The normalized spacial score (nSPS) is 12.2. The van der Waals surface area contributed by atoms with Gasteiger partial charge in [0.25, 0.3) is 0 Å². The van der Waals surface area contributed by atoms with E-state index >= 15 is 0 Å². The lowest BCUT2D eigenvalue weighted by Gasteiger charge is -2.15. The maximum Gasteiger partial charge on any atom is 0.246 e. The van der Waals surface area contributed by atoms with Crippen LogP contribution in [0.4, 0.5) is 0 Å². The van der Waals surface area contributed by atoms with Gasteiger partial charge in [0.2, 0.25) is 5.89 Å². The third-order valence-electron chi connectivity index (χ3n) is 1.76. The number of aryl methyl sites for hydroxylation is 1. The summed E-state index contributed by atoms with van der Waals surface area (Å²) in [5.74, 6) is 1.13. The Hall–Kier alpha value is -1.21. The molecule has 0 amide bonds. The summed E-state index contributed by atoms with van der Waals surface area (Å²) >= 11 is 5.08. The number of nitrogens with zero attached hydrogens (tertiary/aromatic N) is 2. The van der Waals surface area contributed by atoms with Crippen LogP contribution in [0.1, 0.15) is 18.6 Å². The summed E-state index contributed by atoms with van der Waals surface area (Å²) in [5.41, 5.74) is 0. The highest BCUT2D eigenvalue weighted by Gasteiger charge is 2.05. The molecule has 7 heteroatoms. The van der Waals surface area contributed by atoms with Gasteiger partial charge >= 0.3 is 0 Å². The quantitative estimate of drug-likeness (QED) is 0.725. The molecule has 0 saturated carbocycles. The van der Waals surface area contributed by atoms with Crippen molar-refractivity contribution in [2.24, 2.45) is 0 Å². The van der Waals surface area contributed by atoms with Gasteiger partial charge in [-0.2, -0.15) is 4.98 Å². The highest BCUT2D eigenvalue weighted by molar-refractivity contribution is 7.80. The van der Waals surface area contributed by atoms with Crippen molar-refractivity contribution in [1.29, 1.82) is 0 Å². The molecule has 16 heavy (non-hydrogen) atoms. The SMILES string of the molecule is COCC(C)NC(=S)NCc1nc(C)no1. The molecule has 0 aromatic carbocycles. The maximum absolute atomic E-state index is 5.08. The van der Waals surface area contributed by atoms with Crippen molar-refractivity contribution in [3.8, 4) is 0 Å². The van der Waals surface area contributed by atoms with Gasteiger partial charge < -0.3 is 19.9 Å². The molecule has 1 atom stereocenters. The highest BCUT2D eigenvalue weighted by Crippen LogP contribution is 1.94. The molecule has 1 aromatic heterocycles. The van der Waals surface area contributed by atoms with Gasteiger partial charge in [0, 0.05) is 13.2 Å². The van der Waals surface area contributed by atoms with Gasteiger partial charge in [-0.05, 0) is 26.1 Å². The zero-order chi connectivity index (χ0) is 12.0. The Morgan fingerprint density at radius 3 is 2.94 bits per heavy atom. The molecule has 0 aliphatic heterocycles. The van der Waals surface area contributed by atoms with Gasteiger partial charge in [0.15, 0.2) is 10.9 Å². The smallest absolute Gasteiger partial charge is 0.246 e. The number of thiocarbonyl (C=S) groups is 1. The van der Waals surface area contributed by atoms with Crippen LogP contribution in [0.25, 0.3) is 0 Å². The molecule has 0 radical (unpaired) electrons. The lowest BCUT2D eigenvalue weighted by molar-refractivity contribution is 0.179. The van der Waals surface area contributed by atoms with Crippen LogP contribution < -0.4 is 10.6 Å². The average molecular weight is 244 g/mol. The second-order valence-electron chi connectivity index (χ2n) is 3.42. The molecule has 0 aliphatic rings. The fraction of sp³-hybridized carbons (Fsp3) is 0.667. The van der Waals surface area contributed by atoms with Crippen LogP contribution in [0.2, 0.25) is 0 Å². The van der Waals surface area contributed by atoms with E-state index in [2.05, 4.69) is 20.8 Å². The molecule has 1 unspecified atom stereocenters. The van der Waals surface area contributed by atoms with Crippen molar-refractivity contribution in [3.63, 3.8) is 0 Å². The van der Waals surface area contributed by atoms with Crippen molar-refractivity contribution in [2.45, 2.75) is 26.4 Å². The van der Waals surface area contributed by atoms with E-state index in [1.165, 1.54) is 0 Å². The van der Waals surface area contributed by atoms with E-state index in [0.29, 0.717) is 30.0 Å².